The lowest BCUT2D eigenvalue weighted by Gasteiger charge is -2.34. The van der Waals surface area contributed by atoms with Crippen LogP contribution in [0.1, 0.15) is 42.9 Å². The molecular formula is C41H51F3N10O6. The zero-order valence-corrected chi connectivity index (χ0v) is 33.6. The number of rotatable bonds is 20. The molecule has 2 amide bonds. The molecule has 0 saturated carbocycles. The molecule has 1 atom stereocenters. The van der Waals surface area contributed by atoms with E-state index in [2.05, 4.69) is 52.7 Å². The smallest absolute Gasteiger partial charge is 0.379 e. The van der Waals surface area contributed by atoms with Crippen molar-refractivity contribution in [1.82, 2.24) is 44.4 Å². The number of carbonyl (C=O) groups is 2. The van der Waals surface area contributed by atoms with Gasteiger partial charge in [0.25, 0.3) is 0 Å². The molecular weight excluding hydrogens is 786 g/mol. The fraction of sp³-hybridized carbons (Fsp3) is 0.512. The first-order valence-electron chi connectivity index (χ1n) is 20.3. The average Bonchev–Trinajstić information content (AvgIpc) is 3.76. The number of piperidine rings is 1. The van der Waals surface area contributed by atoms with Crippen molar-refractivity contribution in [3.05, 3.63) is 70.3 Å². The summed E-state index contributed by atoms with van der Waals surface area (Å²) in [5, 5.41) is 12.8. The Labute approximate surface area is 344 Å². The maximum atomic E-state index is 13.0. The molecule has 322 valence electrons. The number of imidazole rings is 1. The predicted molar refractivity (Wildman–Crippen MR) is 217 cm³/mol. The van der Waals surface area contributed by atoms with E-state index < -0.39 is 24.5 Å². The molecule has 2 aliphatic heterocycles. The fourth-order valence-corrected chi connectivity index (χ4v) is 7.54. The average molecular weight is 837 g/mol. The molecule has 0 unspecified atom stereocenters. The predicted octanol–water partition coefficient (Wildman–Crippen LogP) is 3.82. The van der Waals surface area contributed by atoms with E-state index in [-0.39, 0.29) is 30.5 Å². The third kappa shape index (κ3) is 11.1. The summed E-state index contributed by atoms with van der Waals surface area (Å²) in [6.45, 7) is 8.50. The Morgan fingerprint density at radius 2 is 1.57 bits per heavy atom. The van der Waals surface area contributed by atoms with Gasteiger partial charge in [-0.15, -0.1) is 0 Å². The van der Waals surface area contributed by atoms with Crippen LogP contribution in [0.5, 0.6) is 0 Å². The summed E-state index contributed by atoms with van der Waals surface area (Å²) in [6.07, 6.45) is -1.55. The summed E-state index contributed by atoms with van der Waals surface area (Å²) >= 11 is 0. The Kier molecular flexibility index (Phi) is 14.2. The molecule has 5 heterocycles. The standard InChI is InChI=1S/C41H51F3N10O6/c1-51-34-25-28(6-9-32(34)54(40(51)57)33-10-11-35(55)47-38(33)56)3-2-19-58-21-23-60-24-22-59-20-18-52-14-16-53(17-15-52)27-29-4-7-30(8-5-29)36-31-26-46-39(48-37(31)50-49-36)45-13-12-41(42,43)44/h4-9,25-26,33H,2-3,10-24,27H2,1H3,(H,47,55,56)(H2,45,46,48,49,50)/t33-/m0/s1. The van der Waals surface area contributed by atoms with Crippen molar-refractivity contribution in [1.29, 1.82) is 0 Å². The summed E-state index contributed by atoms with van der Waals surface area (Å²) in [4.78, 5) is 50.3. The number of amides is 2. The fourth-order valence-electron chi connectivity index (χ4n) is 7.54. The molecule has 0 radical (unpaired) electrons. The largest absolute Gasteiger partial charge is 0.390 e. The number of nitrogens with zero attached hydrogens (tertiary/aromatic N) is 7. The lowest BCUT2D eigenvalue weighted by Crippen LogP contribution is -2.46. The van der Waals surface area contributed by atoms with Gasteiger partial charge in [0, 0.05) is 77.6 Å². The molecule has 0 aliphatic carbocycles. The highest BCUT2D eigenvalue weighted by Crippen LogP contribution is 2.27. The van der Waals surface area contributed by atoms with E-state index in [9.17, 15) is 27.6 Å². The minimum Gasteiger partial charge on any atom is -0.379 e. The Bertz CT molecular complexity index is 2280. The maximum Gasteiger partial charge on any atom is 0.390 e. The molecule has 2 saturated heterocycles. The monoisotopic (exact) mass is 836 g/mol. The Balaban J connectivity index is 0.713. The lowest BCUT2D eigenvalue weighted by molar-refractivity contribution is -0.136. The third-order valence-electron chi connectivity index (χ3n) is 10.8. The number of aromatic nitrogens is 6. The number of nitrogens with one attached hydrogen (secondary N) is 3. The number of carbonyl (C=O) groups excluding carboxylic acids is 2. The van der Waals surface area contributed by atoms with Gasteiger partial charge in [0.2, 0.25) is 17.8 Å². The van der Waals surface area contributed by atoms with Crippen LogP contribution in [-0.4, -0.2) is 136 Å². The Morgan fingerprint density at radius 1 is 0.867 bits per heavy atom. The highest BCUT2D eigenvalue weighted by atomic mass is 19.4. The topological polar surface area (TPSA) is 174 Å². The molecule has 0 spiro atoms. The number of fused-ring (bicyclic) bond motifs is 2. The number of aromatic amines is 1. The second-order valence-electron chi connectivity index (χ2n) is 15.1. The molecule has 16 nitrogen and oxygen atoms in total. The minimum absolute atomic E-state index is 0.106. The minimum atomic E-state index is -4.25. The molecule has 2 fully saturated rings. The summed E-state index contributed by atoms with van der Waals surface area (Å²) < 4.78 is 57.7. The van der Waals surface area contributed by atoms with Crippen molar-refractivity contribution in [3.8, 4) is 11.3 Å². The van der Waals surface area contributed by atoms with Gasteiger partial charge in [-0.25, -0.2) is 9.78 Å². The lowest BCUT2D eigenvalue weighted by atomic mass is 10.1. The first-order chi connectivity index (χ1) is 29.0. The van der Waals surface area contributed by atoms with Crippen LogP contribution in [0, 0.1) is 0 Å². The second-order valence-corrected chi connectivity index (χ2v) is 15.1. The molecule has 19 heteroatoms. The number of alkyl halides is 3. The van der Waals surface area contributed by atoms with Gasteiger partial charge in [-0.1, -0.05) is 30.3 Å². The van der Waals surface area contributed by atoms with Gasteiger partial charge in [-0.05, 0) is 42.5 Å². The number of hydrogen-bond donors (Lipinski definition) is 3. The highest BCUT2D eigenvalue weighted by Gasteiger charge is 2.31. The summed E-state index contributed by atoms with van der Waals surface area (Å²) in [6, 6.07) is 13.3. The third-order valence-corrected chi connectivity index (χ3v) is 10.8. The number of ether oxygens (including phenoxy) is 3. The molecule has 3 N–H and O–H groups in total. The number of hydrogen-bond acceptors (Lipinski definition) is 12. The second kappa shape index (κ2) is 19.9. The number of piperazine rings is 1. The van der Waals surface area contributed by atoms with Gasteiger partial charge in [0.1, 0.15) is 6.04 Å². The van der Waals surface area contributed by atoms with Crippen molar-refractivity contribution in [2.45, 2.75) is 50.9 Å². The van der Waals surface area contributed by atoms with Crippen LogP contribution < -0.4 is 16.3 Å². The van der Waals surface area contributed by atoms with Gasteiger partial charge >= 0.3 is 11.9 Å². The van der Waals surface area contributed by atoms with E-state index in [1.807, 2.05) is 30.3 Å². The van der Waals surface area contributed by atoms with Gasteiger partial charge in [0.15, 0.2) is 5.65 Å². The van der Waals surface area contributed by atoms with Crippen LogP contribution in [0.2, 0.25) is 0 Å². The van der Waals surface area contributed by atoms with E-state index in [1.54, 1.807) is 17.8 Å². The number of benzene rings is 2. The SMILES string of the molecule is Cn1c(=O)n([C@H]2CCC(=O)NC2=O)c2ccc(CCCOCCOCCOCCN3CCN(Cc4ccc(-c5[nH]nc6nc(NCCC(F)(F)F)ncc56)cc4)CC3)cc21. The zero-order chi connectivity index (χ0) is 42.1. The molecule has 60 heavy (non-hydrogen) atoms. The number of anilines is 1. The summed E-state index contributed by atoms with van der Waals surface area (Å²) in [7, 11) is 1.69. The van der Waals surface area contributed by atoms with Gasteiger partial charge in [0.05, 0.1) is 61.6 Å². The van der Waals surface area contributed by atoms with Crippen molar-refractivity contribution in [2.24, 2.45) is 7.05 Å². The molecule has 7 rings (SSSR count). The number of H-pyrrole nitrogens is 1. The number of aryl methyl sites for hydroxylation is 2. The van der Waals surface area contributed by atoms with Crippen LogP contribution in [-0.2, 0) is 43.8 Å². The van der Waals surface area contributed by atoms with E-state index >= 15 is 0 Å². The van der Waals surface area contributed by atoms with Crippen LogP contribution in [0.25, 0.3) is 33.3 Å². The van der Waals surface area contributed by atoms with E-state index in [1.165, 1.54) is 10.1 Å². The van der Waals surface area contributed by atoms with Crippen LogP contribution >= 0.6 is 0 Å². The van der Waals surface area contributed by atoms with E-state index in [4.69, 9.17) is 14.2 Å². The molecule has 2 aliphatic rings. The molecule has 2 aromatic carbocycles. The first-order valence-corrected chi connectivity index (χ1v) is 20.3. The maximum absolute atomic E-state index is 13.0. The van der Waals surface area contributed by atoms with Crippen molar-refractivity contribution in [2.75, 3.05) is 84.2 Å². The van der Waals surface area contributed by atoms with Crippen molar-refractivity contribution in [3.63, 3.8) is 0 Å². The van der Waals surface area contributed by atoms with Crippen LogP contribution in [0.15, 0.2) is 53.5 Å². The number of halogens is 3. The van der Waals surface area contributed by atoms with Crippen molar-refractivity contribution < 1.29 is 37.0 Å². The normalized spacial score (nSPS) is 16.9. The molecule has 5 aromatic rings. The van der Waals surface area contributed by atoms with E-state index in [0.717, 1.165) is 74.4 Å². The quantitative estimate of drug-likeness (QED) is 0.0766. The zero-order valence-electron chi connectivity index (χ0n) is 33.6. The first kappa shape index (κ1) is 42.9. The van der Waals surface area contributed by atoms with Gasteiger partial charge < -0.3 is 19.5 Å². The van der Waals surface area contributed by atoms with Crippen molar-refractivity contribution >= 4 is 39.8 Å². The number of imide groups is 1. The van der Waals surface area contributed by atoms with Crippen LogP contribution in [0.4, 0.5) is 19.1 Å². The highest BCUT2D eigenvalue weighted by molar-refractivity contribution is 6.00. The van der Waals surface area contributed by atoms with Gasteiger partial charge in [-0.2, -0.15) is 23.3 Å². The Morgan fingerprint density at radius 3 is 2.30 bits per heavy atom. The molecule has 0 bridgehead atoms. The summed E-state index contributed by atoms with van der Waals surface area (Å²) in [5.74, 6) is -0.647. The summed E-state index contributed by atoms with van der Waals surface area (Å²) in [5.41, 5.74) is 5.48. The Hall–Kier alpha value is -5.21. The van der Waals surface area contributed by atoms with Gasteiger partial charge in [-0.3, -0.25) is 38.9 Å². The van der Waals surface area contributed by atoms with E-state index in [0.29, 0.717) is 62.6 Å². The molecule has 3 aromatic heterocycles. The van der Waals surface area contributed by atoms with Crippen LogP contribution in [0.3, 0.4) is 0 Å².